The van der Waals surface area contributed by atoms with Crippen LogP contribution in [0.1, 0.15) is 0 Å². The van der Waals surface area contributed by atoms with Crippen LogP contribution in [-0.2, 0) is 9.53 Å². The molecule has 0 fully saturated rings. The highest BCUT2D eigenvalue weighted by molar-refractivity contribution is 5.78. The molecule has 0 spiro atoms. The summed E-state index contributed by atoms with van der Waals surface area (Å²) in [6.07, 6.45) is -3.78. The van der Waals surface area contributed by atoms with Crippen molar-refractivity contribution in [3.63, 3.8) is 0 Å². The number of methoxy groups -OCH3 is 1. The molecule has 0 rings (SSSR count). The zero-order valence-electron chi connectivity index (χ0n) is 8.73. The average Bonchev–Trinajstić information content (AvgIpc) is 2.21. The molecule has 0 saturated carbocycles. The smallest absolute Gasteiger partial charge is 0.324 e. The number of hydrogen-bond donors (Lipinski definition) is 2. The first-order chi connectivity index (χ1) is 7.40. The summed E-state index contributed by atoms with van der Waals surface area (Å²) in [5.41, 5.74) is 0. The Morgan fingerprint density at radius 3 is 2.56 bits per heavy atom. The molecule has 8 heteroatoms. The van der Waals surface area contributed by atoms with E-state index < -0.39 is 24.8 Å². The van der Waals surface area contributed by atoms with Crippen molar-refractivity contribution in [3.05, 3.63) is 0 Å². The van der Waals surface area contributed by atoms with Crippen LogP contribution in [0.2, 0.25) is 0 Å². The lowest BCUT2D eigenvalue weighted by molar-refractivity contribution is -0.136. The van der Waals surface area contributed by atoms with E-state index >= 15 is 0 Å². The van der Waals surface area contributed by atoms with Gasteiger partial charge in [-0.15, -0.1) is 0 Å². The van der Waals surface area contributed by atoms with Crippen molar-refractivity contribution in [1.82, 2.24) is 10.6 Å². The molecule has 0 atom stereocenters. The molecule has 0 aromatic carbocycles. The van der Waals surface area contributed by atoms with E-state index in [1.54, 1.807) is 5.32 Å². The van der Waals surface area contributed by atoms with Gasteiger partial charge in [-0.05, 0) is 0 Å². The summed E-state index contributed by atoms with van der Waals surface area (Å²) in [6, 6.07) is 0. The van der Waals surface area contributed by atoms with Crippen molar-refractivity contribution >= 4 is 5.91 Å². The number of ether oxygens (including phenoxy) is 1. The highest BCUT2D eigenvalue weighted by Crippen LogP contribution is 2.21. The normalized spacial score (nSPS) is 11.9. The van der Waals surface area contributed by atoms with Gasteiger partial charge in [0.1, 0.15) is 0 Å². The van der Waals surface area contributed by atoms with Crippen LogP contribution in [0.15, 0.2) is 0 Å². The number of carbonyl (C=O) groups is 1. The standard InChI is InChI=1S/C8H14F4N2O2/c1-16-3-2-13-4-6(15)14-5-8(11,12)7(9)10/h7,13H,2-5H2,1H3,(H,14,15). The van der Waals surface area contributed by atoms with E-state index in [0.29, 0.717) is 13.2 Å². The molecule has 96 valence electrons. The van der Waals surface area contributed by atoms with E-state index in [0.717, 1.165) is 0 Å². The van der Waals surface area contributed by atoms with Gasteiger partial charge in [0.25, 0.3) is 0 Å². The van der Waals surface area contributed by atoms with E-state index in [-0.39, 0.29) is 6.54 Å². The highest BCUT2D eigenvalue weighted by Gasteiger charge is 2.40. The van der Waals surface area contributed by atoms with Crippen molar-refractivity contribution < 1.29 is 27.1 Å². The Kier molecular flexibility index (Phi) is 6.98. The monoisotopic (exact) mass is 246 g/mol. The van der Waals surface area contributed by atoms with Crippen molar-refractivity contribution in [1.29, 1.82) is 0 Å². The Morgan fingerprint density at radius 2 is 2.06 bits per heavy atom. The van der Waals surface area contributed by atoms with Crippen LogP contribution in [0.5, 0.6) is 0 Å². The number of rotatable bonds is 8. The Labute approximate surface area is 90.3 Å². The molecule has 2 N–H and O–H groups in total. The van der Waals surface area contributed by atoms with Gasteiger partial charge in [-0.25, -0.2) is 8.78 Å². The van der Waals surface area contributed by atoms with Gasteiger partial charge in [0.15, 0.2) is 0 Å². The van der Waals surface area contributed by atoms with Crippen molar-refractivity contribution in [2.75, 3.05) is 33.4 Å². The molecule has 16 heavy (non-hydrogen) atoms. The van der Waals surface area contributed by atoms with E-state index in [4.69, 9.17) is 0 Å². The maximum Gasteiger partial charge on any atom is 0.324 e. The maximum absolute atomic E-state index is 12.3. The molecule has 0 aromatic heterocycles. The quantitative estimate of drug-likeness (QED) is 0.476. The second-order valence-electron chi connectivity index (χ2n) is 3.01. The number of hydrogen-bond acceptors (Lipinski definition) is 3. The topological polar surface area (TPSA) is 50.4 Å². The zero-order chi connectivity index (χ0) is 12.6. The van der Waals surface area contributed by atoms with Gasteiger partial charge >= 0.3 is 12.3 Å². The minimum absolute atomic E-state index is 0.220. The van der Waals surface area contributed by atoms with Gasteiger partial charge in [-0.2, -0.15) is 8.78 Å². The van der Waals surface area contributed by atoms with Crippen molar-refractivity contribution in [2.45, 2.75) is 12.3 Å². The minimum atomic E-state index is -4.19. The number of alkyl halides is 4. The van der Waals surface area contributed by atoms with Crippen LogP contribution < -0.4 is 10.6 Å². The number of nitrogens with one attached hydrogen (secondary N) is 2. The third-order valence-corrected chi connectivity index (χ3v) is 1.61. The summed E-state index contributed by atoms with van der Waals surface area (Å²) in [4.78, 5) is 10.9. The van der Waals surface area contributed by atoms with Crippen LogP contribution in [0.4, 0.5) is 17.6 Å². The summed E-state index contributed by atoms with van der Waals surface area (Å²) < 4.78 is 52.7. The molecular weight excluding hydrogens is 232 g/mol. The molecule has 0 saturated heterocycles. The van der Waals surface area contributed by atoms with Crippen LogP contribution in [-0.4, -0.2) is 51.6 Å². The lowest BCUT2D eigenvalue weighted by Gasteiger charge is -2.15. The van der Waals surface area contributed by atoms with Gasteiger partial charge < -0.3 is 15.4 Å². The van der Waals surface area contributed by atoms with Crippen LogP contribution in [0, 0.1) is 0 Å². The van der Waals surface area contributed by atoms with Gasteiger partial charge in [-0.1, -0.05) is 0 Å². The third-order valence-electron chi connectivity index (χ3n) is 1.61. The fourth-order valence-corrected chi connectivity index (χ4v) is 0.732. The first kappa shape index (κ1) is 15.1. The van der Waals surface area contributed by atoms with Gasteiger partial charge in [0.05, 0.1) is 19.7 Å². The predicted molar refractivity (Wildman–Crippen MR) is 48.7 cm³/mol. The largest absolute Gasteiger partial charge is 0.383 e. The van der Waals surface area contributed by atoms with Crippen LogP contribution in [0.3, 0.4) is 0 Å². The molecule has 0 radical (unpaired) electrons. The number of halogens is 4. The molecule has 0 aliphatic carbocycles. The summed E-state index contributed by atoms with van der Waals surface area (Å²) >= 11 is 0. The molecule has 4 nitrogen and oxygen atoms in total. The van der Waals surface area contributed by atoms with E-state index in [2.05, 4.69) is 10.1 Å². The molecule has 0 aromatic rings. The molecule has 0 aliphatic rings. The fourth-order valence-electron chi connectivity index (χ4n) is 0.732. The first-order valence-corrected chi connectivity index (χ1v) is 4.52. The van der Waals surface area contributed by atoms with Gasteiger partial charge in [0.2, 0.25) is 5.91 Å². The van der Waals surface area contributed by atoms with Crippen molar-refractivity contribution in [2.24, 2.45) is 0 Å². The Hall–Kier alpha value is -0.890. The number of carbonyl (C=O) groups excluding carboxylic acids is 1. The summed E-state index contributed by atoms with van der Waals surface area (Å²) in [7, 11) is 1.46. The minimum Gasteiger partial charge on any atom is -0.383 e. The molecule has 0 unspecified atom stereocenters. The molecule has 0 aliphatic heterocycles. The van der Waals surface area contributed by atoms with Gasteiger partial charge in [0, 0.05) is 13.7 Å². The summed E-state index contributed by atoms with van der Waals surface area (Å²) in [5, 5.41) is 4.29. The fraction of sp³-hybridized carbons (Fsp3) is 0.875. The van der Waals surface area contributed by atoms with E-state index in [9.17, 15) is 22.4 Å². The van der Waals surface area contributed by atoms with Crippen LogP contribution in [0.25, 0.3) is 0 Å². The maximum atomic E-state index is 12.3. The number of amides is 1. The molecule has 0 bridgehead atoms. The Morgan fingerprint density at radius 1 is 1.44 bits per heavy atom. The van der Waals surface area contributed by atoms with Crippen LogP contribution >= 0.6 is 0 Å². The second kappa shape index (κ2) is 7.39. The molecule has 1 amide bonds. The predicted octanol–water partition coefficient (Wildman–Crippen LogP) is 0.239. The third kappa shape index (κ3) is 6.57. The molecule has 0 heterocycles. The SMILES string of the molecule is COCCNCC(=O)NCC(F)(F)C(F)F. The highest BCUT2D eigenvalue weighted by atomic mass is 19.3. The van der Waals surface area contributed by atoms with E-state index in [1.807, 2.05) is 0 Å². The Bertz CT molecular complexity index is 214. The lowest BCUT2D eigenvalue weighted by atomic mass is 10.3. The molecular formula is C8H14F4N2O2. The Balaban J connectivity index is 3.65. The second-order valence-corrected chi connectivity index (χ2v) is 3.01. The summed E-state index contributed by atoms with van der Waals surface area (Å²) in [5.74, 6) is -4.96. The summed E-state index contributed by atoms with van der Waals surface area (Å²) in [6.45, 7) is -0.853. The lowest BCUT2D eigenvalue weighted by Crippen LogP contribution is -2.44. The van der Waals surface area contributed by atoms with E-state index in [1.165, 1.54) is 7.11 Å². The van der Waals surface area contributed by atoms with Crippen molar-refractivity contribution in [3.8, 4) is 0 Å². The zero-order valence-corrected chi connectivity index (χ0v) is 8.73. The average molecular weight is 246 g/mol. The first-order valence-electron chi connectivity index (χ1n) is 4.52. The van der Waals surface area contributed by atoms with Gasteiger partial charge in [-0.3, -0.25) is 4.79 Å².